The van der Waals surface area contributed by atoms with Gasteiger partial charge in [0.25, 0.3) is 0 Å². The number of hydrogen-bond acceptors (Lipinski definition) is 4. The first-order valence-corrected chi connectivity index (χ1v) is 11.6. The standard InChI is InChI=1S/C26H23ClN6/c27-21-11-6-17(7-12-21)15-28-26-22-14-20(10-13-23(22)29-31-26)24-25(19-8-9-19)33(32-30-24)16-18-4-2-1-3-5-18/h1-7,10-14,19H,8-9,15-16H2,(H2,28,29,31). The Labute approximate surface area is 196 Å². The van der Waals surface area contributed by atoms with Crippen LogP contribution in [0.4, 0.5) is 5.82 Å². The number of rotatable bonds is 7. The maximum atomic E-state index is 6.00. The Morgan fingerprint density at radius 2 is 1.79 bits per heavy atom. The van der Waals surface area contributed by atoms with Crippen molar-refractivity contribution >= 4 is 28.3 Å². The fraction of sp³-hybridized carbons (Fsp3) is 0.192. The van der Waals surface area contributed by atoms with Gasteiger partial charge in [0.2, 0.25) is 0 Å². The van der Waals surface area contributed by atoms with Gasteiger partial charge in [-0.1, -0.05) is 65.3 Å². The van der Waals surface area contributed by atoms with Crippen LogP contribution in [-0.4, -0.2) is 25.2 Å². The van der Waals surface area contributed by atoms with Crippen LogP contribution in [0.25, 0.3) is 22.2 Å². The summed E-state index contributed by atoms with van der Waals surface area (Å²) in [6.45, 7) is 1.41. The summed E-state index contributed by atoms with van der Waals surface area (Å²) in [6.07, 6.45) is 2.38. The van der Waals surface area contributed by atoms with Crippen LogP contribution >= 0.6 is 11.6 Å². The molecule has 33 heavy (non-hydrogen) atoms. The molecule has 6 nitrogen and oxygen atoms in total. The van der Waals surface area contributed by atoms with E-state index in [-0.39, 0.29) is 0 Å². The highest BCUT2D eigenvalue weighted by molar-refractivity contribution is 6.30. The first kappa shape index (κ1) is 20.0. The summed E-state index contributed by atoms with van der Waals surface area (Å²) in [5.41, 5.74) is 6.64. The highest BCUT2D eigenvalue weighted by atomic mass is 35.5. The Morgan fingerprint density at radius 3 is 2.58 bits per heavy atom. The largest absolute Gasteiger partial charge is 0.364 e. The van der Waals surface area contributed by atoms with Crippen LogP contribution in [0.5, 0.6) is 0 Å². The number of aromatic amines is 1. The molecule has 1 fully saturated rings. The van der Waals surface area contributed by atoms with Gasteiger partial charge in [0.05, 0.1) is 17.8 Å². The Morgan fingerprint density at radius 1 is 0.970 bits per heavy atom. The summed E-state index contributed by atoms with van der Waals surface area (Å²) < 4.78 is 2.07. The van der Waals surface area contributed by atoms with E-state index in [1.54, 1.807) is 0 Å². The van der Waals surface area contributed by atoms with Crippen molar-refractivity contribution < 1.29 is 0 Å². The van der Waals surface area contributed by atoms with Crippen molar-refractivity contribution in [2.75, 3.05) is 5.32 Å². The quantitative estimate of drug-likeness (QED) is 0.316. The third-order valence-corrected chi connectivity index (χ3v) is 6.37. The van der Waals surface area contributed by atoms with Crippen molar-refractivity contribution in [1.82, 2.24) is 25.2 Å². The van der Waals surface area contributed by atoms with E-state index >= 15 is 0 Å². The van der Waals surface area contributed by atoms with Gasteiger partial charge in [-0.05, 0) is 48.2 Å². The molecule has 2 aromatic heterocycles. The van der Waals surface area contributed by atoms with Crippen molar-refractivity contribution in [3.05, 3.63) is 94.6 Å². The van der Waals surface area contributed by atoms with Crippen LogP contribution in [0.15, 0.2) is 72.8 Å². The van der Waals surface area contributed by atoms with E-state index in [0.717, 1.165) is 45.1 Å². The smallest absolute Gasteiger partial charge is 0.156 e. The third kappa shape index (κ3) is 4.10. The molecule has 0 spiro atoms. The monoisotopic (exact) mass is 454 g/mol. The van der Waals surface area contributed by atoms with Gasteiger partial charge in [0.1, 0.15) is 5.69 Å². The zero-order valence-electron chi connectivity index (χ0n) is 18.0. The lowest BCUT2D eigenvalue weighted by atomic mass is 10.1. The third-order valence-electron chi connectivity index (χ3n) is 6.12. The summed E-state index contributed by atoms with van der Waals surface area (Å²) in [4.78, 5) is 0. The van der Waals surface area contributed by atoms with E-state index in [1.165, 1.54) is 24.1 Å². The van der Waals surface area contributed by atoms with Gasteiger partial charge in [-0.15, -0.1) is 5.10 Å². The SMILES string of the molecule is Clc1ccc(CNc2n[nH]c3ccc(-c4nnn(Cc5ccccc5)c4C4CC4)cc23)cc1. The van der Waals surface area contributed by atoms with Gasteiger partial charge in [-0.3, -0.25) is 5.10 Å². The molecular formula is C26H23ClN6. The lowest BCUT2D eigenvalue weighted by Crippen LogP contribution is -2.06. The Balaban J connectivity index is 1.31. The summed E-state index contributed by atoms with van der Waals surface area (Å²) in [5.74, 6) is 1.35. The van der Waals surface area contributed by atoms with E-state index in [4.69, 9.17) is 11.6 Å². The molecule has 0 atom stereocenters. The molecule has 0 unspecified atom stereocenters. The van der Waals surface area contributed by atoms with Crippen LogP contribution in [0.3, 0.4) is 0 Å². The predicted molar refractivity (Wildman–Crippen MR) is 131 cm³/mol. The number of nitrogens with one attached hydrogen (secondary N) is 2. The number of hydrogen-bond donors (Lipinski definition) is 2. The van der Waals surface area contributed by atoms with Crippen molar-refractivity contribution in [2.45, 2.75) is 31.8 Å². The van der Waals surface area contributed by atoms with E-state index in [1.807, 2.05) is 30.3 Å². The molecule has 3 aromatic carbocycles. The number of benzene rings is 3. The average molecular weight is 455 g/mol. The summed E-state index contributed by atoms with van der Waals surface area (Å²) in [7, 11) is 0. The molecule has 0 bridgehead atoms. The molecule has 5 aromatic rings. The number of aromatic nitrogens is 5. The maximum absolute atomic E-state index is 6.00. The van der Waals surface area contributed by atoms with Gasteiger partial charge >= 0.3 is 0 Å². The molecule has 6 rings (SSSR count). The van der Waals surface area contributed by atoms with Gasteiger partial charge < -0.3 is 5.32 Å². The van der Waals surface area contributed by atoms with Crippen LogP contribution in [0, 0.1) is 0 Å². The Bertz CT molecular complexity index is 1400. The second-order valence-corrected chi connectivity index (χ2v) is 8.99. The second-order valence-electron chi connectivity index (χ2n) is 8.55. The van der Waals surface area contributed by atoms with E-state index in [0.29, 0.717) is 12.5 Å². The molecule has 7 heteroatoms. The van der Waals surface area contributed by atoms with Gasteiger partial charge in [0, 0.05) is 28.4 Å². The maximum Gasteiger partial charge on any atom is 0.156 e. The Hall–Kier alpha value is -3.64. The van der Waals surface area contributed by atoms with Crippen LogP contribution in [0.1, 0.15) is 35.6 Å². The van der Waals surface area contributed by atoms with E-state index < -0.39 is 0 Å². The molecule has 0 aliphatic heterocycles. The normalized spacial score (nSPS) is 13.5. The summed E-state index contributed by atoms with van der Waals surface area (Å²) in [5, 5.41) is 22.0. The molecule has 1 saturated carbocycles. The van der Waals surface area contributed by atoms with Gasteiger partial charge in [-0.2, -0.15) is 5.10 Å². The number of H-pyrrole nitrogens is 1. The highest BCUT2D eigenvalue weighted by Gasteiger charge is 2.32. The molecule has 2 N–H and O–H groups in total. The lowest BCUT2D eigenvalue weighted by Gasteiger charge is -2.08. The van der Waals surface area contributed by atoms with E-state index in [9.17, 15) is 0 Å². The minimum absolute atomic E-state index is 0.529. The topological polar surface area (TPSA) is 71.4 Å². The van der Waals surface area contributed by atoms with Crippen molar-refractivity contribution in [2.24, 2.45) is 0 Å². The Kier molecular flexibility index (Phi) is 5.07. The van der Waals surface area contributed by atoms with Gasteiger partial charge in [0.15, 0.2) is 5.82 Å². The van der Waals surface area contributed by atoms with Gasteiger partial charge in [-0.25, -0.2) is 4.68 Å². The molecular weight excluding hydrogens is 432 g/mol. The van der Waals surface area contributed by atoms with Crippen LogP contribution in [0.2, 0.25) is 5.02 Å². The fourth-order valence-electron chi connectivity index (χ4n) is 4.24. The van der Waals surface area contributed by atoms with Crippen LogP contribution < -0.4 is 5.32 Å². The molecule has 0 saturated heterocycles. The summed E-state index contributed by atoms with van der Waals surface area (Å²) in [6, 6.07) is 24.6. The minimum atomic E-state index is 0.529. The molecule has 1 aliphatic rings. The number of nitrogens with zero attached hydrogens (tertiary/aromatic N) is 4. The zero-order chi connectivity index (χ0) is 22.2. The highest BCUT2D eigenvalue weighted by Crippen LogP contribution is 2.44. The average Bonchev–Trinajstić information content (AvgIpc) is 3.48. The van der Waals surface area contributed by atoms with Crippen molar-refractivity contribution in [3.63, 3.8) is 0 Å². The zero-order valence-corrected chi connectivity index (χ0v) is 18.8. The number of halogens is 1. The molecule has 1 aliphatic carbocycles. The first-order chi connectivity index (χ1) is 16.2. The number of fused-ring (bicyclic) bond motifs is 1. The van der Waals surface area contributed by atoms with Crippen molar-refractivity contribution in [3.8, 4) is 11.3 Å². The van der Waals surface area contributed by atoms with E-state index in [2.05, 4.69) is 73.0 Å². The summed E-state index contributed by atoms with van der Waals surface area (Å²) >= 11 is 6.00. The molecule has 0 radical (unpaired) electrons. The second kappa shape index (κ2) is 8.37. The van der Waals surface area contributed by atoms with Crippen molar-refractivity contribution in [1.29, 1.82) is 0 Å². The first-order valence-electron chi connectivity index (χ1n) is 11.2. The molecule has 2 heterocycles. The van der Waals surface area contributed by atoms with Crippen LogP contribution in [-0.2, 0) is 13.1 Å². The predicted octanol–water partition coefficient (Wildman–Crippen LogP) is 6.01. The minimum Gasteiger partial charge on any atom is -0.364 e. The fourth-order valence-corrected chi connectivity index (χ4v) is 4.37. The lowest BCUT2D eigenvalue weighted by molar-refractivity contribution is 0.619. The number of anilines is 1. The molecule has 164 valence electrons. The molecule has 0 amide bonds.